The molecular weight excluding hydrogens is 272 g/mol. The van der Waals surface area contributed by atoms with Crippen molar-refractivity contribution >= 4 is 0 Å². The van der Waals surface area contributed by atoms with E-state index in [0.29, 0.717) is 11.8 Å². The summed E-state index contributed by atoms with van der Waals surface area (Å²) in [7, 11) is 0. The molecule has 0 spiro atoms. The SMILES string of the molecule is C#CC1=CCC2CC([C@@]3(C)CC[C@H](O)C[C@@H]3CO)CC[C@]12C. The van der Waals surface area contributed by atoms with Gasteiger partial charge in [-0.2, -0.15) is 0 Å². The van der Waals surface area contributed by atoms with Crippen molar-refractivity contribution in [2.24, 2.45) is 28.6 Å². The lowest BCUT2D eigenvalue weighted by atomic mass is 9.52. The van der Waals surface area contributed by atoms with Gasteiger partial charge in [0.2, 0.25) is 0 Å². The van der Waals surface area contributed by atoms with Crippen molar-refractivity contribution in [3.05, 3.63) is 11.6 Å². The summed E-state index contributed by atoms with van der Waals surface area (Å²) in [6.07, 6.45) is 15.2. The summed E-state index contributed by atoms with van der Waals surface area (Å²) in [5.41, 5.74) is 1.61. The number of hydrogen-bond acceptors (Lipinski definition) is 2. The fourth-order valence-electron chi connectivity index (χ4n) is 5.64. The molecule has 2 N–H and O–H groups in total. The van der Waals surface area contributed by atoms with E-state index in [1.165, 1.54) is 24.8 Å². The van der Waals surface area contributed by atoms with Crippen LogP contribution in [0, 0.1) is 40.9 Å². The molecule has 2 saturated carbocycles. The summed E-state index contributed by atoms with van der Waals surface area (Å²) in [5, 5.41) is 19.8. The fraction of sp³-hybridized carbons (Fsp3) is 0.800. The number of aliphatic hydroxyl groups excluding tert-OH is 2. The lowest BCUT2D eigenvalue weighted by Crippen LogP contribution is -2.47. The second-order valence-electron chi connectivity index (χ2n) is 8.40. The van der Waals surface area contributed by atoms with Crippen LogP contribution in [0.3, 0.4) is 0 Å². The Morgan fingerprint density at radius 1 is 1.23 bits per heavy atom. The Labute approximate surface area is 135 Å². The number of terminal acetylenes is 1. The zero-order valence-corrected chi connectivity index (χ0v) is 14.0. The molecule has 2 fully saturated rings. The largest absolute Gasteiger partial charge is 0.396 e. The third kappa shape index (κ3) is 2.34. The summed E-state index contributed by atoms with van der Waals surface area (Å²) in [6, 6.07) is 0. The summed E-state index contributed by atoms with van der Waals surface area (Å²) in [6.45, 7) is 4.92. The lowest BCUT2D eigenvalue weighted by Gasteiger charge is -2.53. The van der Waals surface area contributed by atoms with Crippen LogP contribution in [0.15, 0.2) is 11.6 Å². The van der Waals surface area contributed by atoms with E-state index in [-0.39, 0.29) is 29.5 Å². The maximum atomic E-state index is 9.96. The first kappa shape index (κ1) is 16.1. The van der Waals surface area contributed by atoms with E-state index in [9.17, 15) is 10.2 Å². The van der Waals surface area contributed by atoms with Gasteiger partial charge in [-0.25, -0.2) is 0 Å². The Hall–Kier alpha value is -0.780. The van der Waals surface area contributed by atoms with Gasteiger partial charge in [0, 0.05) is 17.6 Å². The first-order valence-corrected chi connectivity index (χ1v) is 8.90. The molecule has 0 aromatic rings. The minimum Gasteiger partial charge on any atom is -0.396 e. The molecule has 0 aromatic heterocycles. The van der Waals surface area contributed by atoms with Crippen molar-refractivity contribution in [1.29, 1.82) is 0 Å². The molecule has 0 bridgehead atoms. The predicted molar refractivity (Wildman–Crippen MR) is 89.0 cm³/mol. The van der Waals surface area contributed by atoms with Crippen molar-refractivity contribution in [3.63, 3.8) is 0 Å². The van der Waals surface area contributed by atoms with Crippen molar-refractivity contribution < 1.29 is 10.2 Å². The van der Waals surface area contributed by atoms with E-state index < -0.39 is 0 Å². The minimum absolute atomic E-state index is 0.175. The van der Waals surface area contributed by atoms with Gasteiger partial charge in [0.15, 0.2) is 0 Å². The summed E-state index contributed by atoms with van der Waals surface area (Å²) in [5.74, 6) is 4.48. The van der Waals surface area contributed by atoms with E-state index in [4.69, 9.17) is 6.42 Å². The fourth-order valence-corrected chi connectivity index (χ4v) is 5.64. The highest BCUT2D eigenvalue weighted by molar-refractivity contribution is 5.37. The van der Waals surface area contributed by atoms with E-state index in [1.54, 1.807) is 0 Å². The van der Waals surface area contributed by atoms with Crippen molar-refractivity contribution in [1.82, 2.24) is 0 Å². The molecule has 2 unspecified atom stereocenters. The van der Waals surface area contributed by atoms with E-state index in [0.717, 1.165) is 25.7 Å². The average molecular weight is 302 g/mol. The van der Waals surface area contributed by atoms with Gasteiger partial charge >= 0.3 is 0 Å². The maximum Gasteiger partial charge on any atom is 0.0544 e. The van der Waals surface area contributed by atoms with Gasteiger partial charge in [0.25, 0.3) is 0 Å². The molecule has 122 valence electrons. The molecule has 2 heteroatoms. The monoisotopic (exact) mass is 302 g/mol. The third-order valence-electron chi connectivity index (χ3n) is 7.52. The van der Waals surface area contributed by atoms with E-state index in [1.807, 2.05) is 0 Å². The molecule has 0 saturated heterocycles. The molecule has 0 aliphatic heterocycles. The molecule has 0 amide bonds. The van der Waals surface area contributed by atoms with Crippen molar-refractivity contribution in [2.75, 3.05) is 6.61 Å². The van der Waals surface area contributed by atoms with Gasteiger partial charge in [0.05, 0.1) is 6.10 Å². The summed E-state index contributed by atoms with van der Waals surface area (Å²) in [4.78, 5) is 0. The first-order chi connectivity index (χ1) is 10.4. The molecule has 2 nitrogen and oxygen atoms in total. The second-order valence-corrected chi connectivity index (χ2v) is 8.40. The van der Waals surface area contributed by atoms with Gasteiger partial charge in [-0.05, 0) is 68.1 Å². The minimum atomic E-state index is -0.222. The van der Waals surface area contributed by atoms with Crippen molar-refractivity contribution in [3.8, 4) is 12.3 Å². The van der Waals surface area contributed by atoms with Crippen LogP contribution in [0.1, 0.15) is 58.8 Å². The quantitative estimate of drug-likeness (QED) is 0.766. The average Bonchev–Trinajstić information content (AvgIpc) is 2.85. The predicted octanol–water partition coefficient (Wildman–Crippen LogP) is 3.53. The Morgan fingerprint density at radius 3 is 2.68 bits per heavy atom. The van der Waals surface area contributed by atoms with Gasteiger partial charge in [-0.3, -0.25) is 0 Å². The Balaban J connectivity index is 1.77. The number of fused-ring (bicyclic) bond motifs is 1. The topological polar surface area (TPSA) is 40.5 Å². The van der Waals surface area contributed by atoms with Crippen molar-refractivity contribution in [2.45, 2.75) is 64.9 Å². The molecule has 3 rings (SSSR count). The normalized spacial score (nSPS) is 48.4. The molecule has 0 heterocycles. The van der Waals surface area contributed by atoms with Crippen LogP contribution in [-0.4, -0.2) is 22.9 Å². The molecule has 22 heavy (non-hydrogen) atoms. The van der Waals surface area contributed by atoms with E-state index >= 15 is 0 Å². The molecular formula is C20H30O2. The standard InChI is InChI=1S/C20H30O2/c1-4-14-5-6-15-11-16(7-9-19(14,15)2)20(3)10-8-18(22)12-17(20)13-21/h1,5,15-18,21-22H,6-13H2,2-3H3/t15?,16?,17-,18+,19-,20-/m1/s1. The van der Waals surface area contributed by atoms with Gasteiger partial charge in [0.1, 0.15) is 0 Å². The Kier molecular flexibility index (Phi) is 4.16. The zero-order valence-electron chi connectivity index (χ0n) is 14.0. The highest BCUT2D eigenvalue weighted by Gasteiger charge is 2.51. The van der Waals surface area contributed by atoms with Crippen LogP contribution in [0.5, 0.6) is 0 Å². The van der Waals surface area contributed by atoms with Gasteiger partial charge < -0.3 is 10.2 Å². The van der Waals surface area contributed by atoms with Crippen LogP contribution >= 0.6 is 0 Å². The summed E-state index contributed by atoms with van der Waals surface area (Å²) < 4.78 is 0. The Bertz CT molecular complexity index is 502. The van der Waals surface area contributed by atoms with Crippen LogP contribution in [0.4, 0.5) is 0 Å². The highest BCUT2D eigenvalue weighted by Crippen LogP contribution is 2.59. The number of hydrogen-bond donors (Lipinski definition) is 2. The van der Waals surface area contributed by atoms with Crippen LogP contribution < -0.4 is 0 Å². The third-order valence-corrected chi connectivity index (χ3v) is 7.52. The van der Waals surface area contributed by atoms with E-state index in [2.05, 4.69) is 25.8 Å². The summed E-state index contributed by atoms with van der Waals surface area (Å²) >= 11 is 0. The van der Waals surface area contributed by atoms with Crippen LogP contribution in [0.2, 0.25) is 0 Å². The molecule has 0 radical (unpaired) electrons. The second kappa shape index (κ2) is 5.69. The molecule has 3 aliphatic rings. The highest BCUT2D eigenvalue weighted by atomic mass is 16.3. The first-order valence-electron chi connectivity index (χ1n) is 8.90. The smallest absolute Gasteiger partial charge is 0.0544 e. The van der Waals surface area contributed by atoms with Gasteiger partial charge in [-0.1, -0.05) is 25.8 Å². The molecule has 0 aromatic carbocycles. The molecule has 6 atom stereocenters. The number of rotatable bonds is 2. The van der Waals surface area contributed by atoms with Crippen LogP contribution in [-0.2, 0) is 0 Å². The zero-order chi connectivity index (χ0) is 16.0. The lowest BCUT2D eigenvalue weighted by molar-refractivity contribution is -0.0666. The maximum absolute atomic E-state index is 9.96. The van der Waals surface area contributed by atoms with Crippen LogP contribution in [0.25, 0.3) is 0 Å². The molecule has 3 aliphatic carbocycles. The number of allylic oxidation sites excluding steroid dienone is 2. The number of aliphatic hydroxyl groups is 2. The van der Waals surface area contributed by atoms with Gasteiger partial charge in [-0.15, -0.1) is 6.42 Å². The Morgan fingerprint density at radius 2 is 2.00 bits per heavy atom.